The number of nitrogens with one attached hydrogen (secondary N) is 2. The molecule has 2 N–H and O–H groups in total. The van der Waals surface area contributed by atoms with Crippen molar-refractivity contribution in [2.75, 3.05) is 13.1 Å². The van der Waals surface area contributed by atoms with Crippen molar-refractivity contribution in [2.24, 2.45) is 5.92 Å². The fourth-order valence-electron chi connectivity index (χ4n) is 4.49. The second-order valence-corrected chi connectivity index (χ2v) is 9.90. The van der Waals surface area contributed by atoms with E-state index in [-0.39, 0.29) is 23.6 Å². The molecule has 0 unspecified atom stereocenters. The predicted octanol–water partition coefficient (Wildman–Crippen LogP) is 5.80. The van der Waals surface area contributed by atoms with Gasteiger partial charge in [0.1, 0.15) is 0 Å². The van der Waals surface area contributed by atoms with E-state index < -0.39 is 0 Å². The normalized spacial score (nSPS) is 11.6. The van der Waals surface area contributed by atoms with Gasteiger partial charge in [0.25, 0.3) is 11.8 Å². The second-order valence-electron chi connectivity index (χ2n) is 9.90. The Morgan fingerprint density at radius 2 is 1.36 bits per heavy atom. The van der Waals surface area contributed by atoms with Gasteiger partial charge in [-0.25, -0.2) is 0 Å². The summed E-state index contributed by atoms with van der Waals surface area (Å²) in [6.45, 7) is 7.79. The van der Waals surface area contributed by atoms with E-state index in [0.717, 1.165) is 30.0 Å². The van der Waals surface area contributed by atoms with Crippen LogP contribution in [0.2, 0.25) is 0 Å². The molecule has 3 aromatic rings. The lowest BCUT2D eigenvalue weighted by atomic mass is 9.95. The first-order chi connectivity index (χ1) is 18.9. The van der Waals surface area contributed by atoms with E-state index in [1.165, 1.54) is 0 Å². The summed E-state index contributed by atoms with van der Waals surface area (Å²) in [6.07, 6.45) is 2.67. The first-order valence-electron chi connectivity index (χ1n) is 13.8. The van der Waals surface area contributed by atoms with Gasteiger partial charge in [0.05, 0.1) is 6.04 Å². The minimum Gasteiger partial charge on any atom is -0.352 e. The molecule has 0 spiro atoms. The van der Waals surface area contributed by atoms with Crippen molar-refractivity contribution in [1.29, 1.82) is 0 Å². The zero-order valence-electron chi connectivity index (χ0n) is 23.3. The van der Waals surface area contributed by atoms with E-state index in [0.29, 0.717) is 43.6 Å². The van der Waals surface area contributed by atoms with Crippen LogP contribution in [0.4, 0.5) is 0 Å². The van der Waals surface area contributed by atoms with Crippen LogP contribution >= 0.6 is 0 Å². The molecular weight excluding hydrogens is 486 g/mol. The Balaban J connectivity index is 1.71. The summed E-state index contributed by atoms with van der Waals surface area (Å²) in [6, 6.07) is 27.3. The first kappa shape index (κ1) is 29.6. The number of hydrogen-bond acceptors (Lipinski definition) is 3. The van der Waals surface area contributed by atoms with Crippen LogP contribution in [-0.4, -0.2) is 35.7 Å². The molecule has 205 valence electrons. The quantitative estimate of drug-likeness (QED) is 0.279. The Kier molecular flexibility index (Phi) is 11.8. The van der Waals surface area contributed by atoms with Crippen LogP contribution in [0.5, 0.6) is 0 Å². The van der Waals surface area contributed by atoms with Crippen LogP contribution in [0, 0.1) is 12.0 Å². The molecule has 0 aromatic heterocycles. The van der Waals surface area contributed by atoms with Crippen molar-refractivity contribution >= 4 is 17.7 Å². The molecule has 0 aliphatic carbocycles. The average Bonchev–Trinajstić information content (AvgIpc) is 2.96. The second kappa shape index (κ2) is 15.5. The number of carbonyl (C=O) groups excluding carboxylic acids is 3. The standard InChI is InChI=1S/C33H40N3O3/c1-4-19-36(20-5-2)33(39)29-18-12-17-28(23-29)32(38)35-30(22-26-13-8-6-9-14-26)21-25(3)31(37)34-24-27-15-10-7-11-16-27/h6-18,23,25H,4-5,19-22,24H2,1-3H3,(H,34,37)(H,35,38)/t25-/m1/s1. The molecule has 39 heavy (non-hydrogen) atoms. The van der Waals surface area contributed by atoms with Crippen molar-refractivity contribution in [2.45, 2.75) is 53.0 Å². The van der Waals surface area contributed by atoms with Gasteiger partial charge < -0.3 is 15.5 Å². The smallest absolute Gasteiger partial charge is 0.253 e. The molecule has 0 bridgehead atoms. The van der Waals surface area contributed by atoms with E-state index >= 15 is 0 Å². The van der Waals surface area contributed by atoms with E-state index in [4.69, 9.17) is 0 Å². The van der Waals surface area contributed by atoms with Gasteiger partial charge in [-0.3, -0.25) is 14.4 Å². The Labute approximate surface area is 232 Å². The molecule has 0 heterocycles. The molecule has 3 amide bonds. The predicted molar refractivity (Wildman–Crippen MR) is 156 cm³/mol. The SMILES string of the molecule is CCCN(CCC)C(=O)c1cccc(C(=O)N[C](Cc2ccccc2)C[C@@H](C)C(=O)NCc2ccccc2)c1. The first-order valence-corrected chi connectivity index (χ1v) is 13.8. The zero-order valence-corrected chi connectivity index (χ0v) is 23.3. The van der Waals surface area contributed by atoms with Gasteiger partial charge in [-0.2, -0.15) is 0 Å². The average molecular weight is 527 g/mol. The monoisotopic (exact) mass is 526 g/mol. The maximum Gasteiger partial charge on any atom is 0.253 e. The van der Waals surface area contributed by atoms with Crippen LogP contribution in [0.3, 0.4) is 0 Å². The Bertz CT molecular complexity index is 1190. The molecule has 6 heteroatoms. The number of benzene rings is 3. The summed E-state index contributed by atoms with van der Waals surface area (Å²) in [5, 5.41) is 6.06. The highest BCUT2D eigenvalue weighted by Gasteiger charge is 2.23. The van der Waals surface area contributed by atoms with Crippen LogP contribution in [-0.2, 0) is 17.8 Å². The van der Waals surface area contributed by atoms with Crippen LogP contribution < -0.4 is 10.6 Å². The molecule has 0 aliphatic rings. The molecule has 0 aliphatic heterocycles. The van der Waals surface area contributed by atoms with Crippen molar-refractivity contribution in [3.63, 3.8) is 0 Å². The summed E-state index contributed by atoms with van der Waals surface area (Å²) in [5.41, 5.74) is 3.00. The Hall–Kier alpha value is -3.93. The molecule has 6 nitrogen and oxygen atoms in total. The van der Waals surface area contributed by atoms with Crippen molar-refractivity contribution in [3.05, 3.63) is 113 Å². The van der Waals surface area contributed by atoms with Gasteiger partial charge in [-0.05, 0) is 55.0 Å². The summed E-state index contributed by atoms with van der Waals surface area (Å²) in [4.78, 5) is 41.1. The minimum atomic E-state index is -0.336. The molecule has 3 aromatic carbocycles. The molecule has 0 saturated heterocycles. The number of nitrogens with zero attached hydrogens (tertiary/aromatic N) is 1. The molecule has 3 rings (SSSR count). The van der Waals surface area contributed by atoms with Gasteiger partial charge >= 0.3 is 0 Å². The van der Waals surface area contributed by atoms with Crippen LogP contribution in [0.1, 0.15) is 71.9 Å². The summed E-state index contributed by atoms with van der Waals surface area (Å²) < 4.78 is 0. The van der Waals surface area contributed by atoms with Crippen molar-refractivity contribution < 1.29 is 14.4 Å². The highest BCUT2D eigenvalue weighted by Crippen LogP contribution is 2.19. The highest BCUT2D eigenvalue weighted by atomic mass is 16.2. The molecule has 0 fully saturated rings. The summed E-state index contributed by atoms with van der Waals surface area (Å²) in [7, 11) is 0. The summed E-state index contributed by atoms with van der Waals surface area (Å²) >= 11 is 0. The van der Waals surface area contributed by atoms with E-state index in [2.05, 4.69) is 10.6 Å². The lowest BCUT2D eigenvalue weighted by Gasteiger charge is -2.23. The molecular formula is C33H40N3O3. The van der Waals surface area contributed by atoms with Crippen molar-refractivity contribution in [1.82, 2.24) is 15.5 Å². The largest absolute Gasteiger partial charge is 0.352 e. The molecule has 1 radical (unpaired) electrons. The van der Waals surface area contributed by atoms with Gasteiger partial charge in [0.15, 0.2) is 0 Å². The molecule has 0 saturated carbocycles. The van der Waals surface area contributed by atoms with Crippen LogP contribution in [0.15, 0.2) is 84.9 Å². The fraction of sp³-hybridized carbons (Fsp3) is 0.333. The third kappa shape index (κ3) is 9.40. The molecule has 1 atom stereocenters. The van der Waals surface area contributed by atoms with Crippen molar-refractivity contribution in [3.8, 4) is 0 Å². The van der Waals surface area contributed by atoms with Crippen LogP contribution in [0.25, 0.3) is 0 Å². The van der Waals surface area contributed by atoms with Gasteiger partial charge in [0, 0.05) is 36.7 Å². The minimum absolute atomic E-state index is 0.0643. The topological polar surface area (TPSA) is 78.5 Å². The Morgan fingerprint density at radius 1 is 0.769 bits per heavy atom. The fourth-order valence-corrected chi connectivity index (χ4v) is 4.49. The number of rotatable bonds is 14. The zero-order chi connectivity index (χ0) is 28.0. The number of hydrogen-bond donors (Lipinski definition) is 2. The maximum atomic E-state index is 13.3. The highest BCUT2D eigenvalue weighted by molar-refractivity contribution is 6.00. The lowest BCUT2D eigenvalue weighted by molar-refractivity contribution is -0.124. The summed E-state index contributed by atoms with van der Waals surface area (Å²) in [5.74, 6) is -0.758. The lowest BCUT2D eigenvalue weighted by Crippen LogP contribution is -2.36. The maximum absolute atomic E-state index is 13.3. The number of carbonyl (C=O) groups is 3. The van der Waals surface area contributed by atoms with Gasteiger partial charge in [-0.1, -0.05) is 87.5 Å². The van der Waals surface area contributed by atoms with Gasteiger partial charge in [-0.15, -0.1) is 0 Å². The van der Waals surface area contributed by atoms with E-state index in [9.17, 15) is 14.4 Å². The third-order valence-electron chi connectivity index (χ3n) is 6.51. The Morgan fingerprint density at radius 3 is 1.97 bits per heavy atom. The third-order valence-corrected chi connectivity index (χ3v) is 6.51. The van der Waals surface area contributed by atoms with E-state index in [1.54, 1.807) is 24.3 Å². The van der Waals surface area contributed by atoms with E-state index in [1.807, 2.05) is 86.3 Å². The van der Waals surface area contributed by atoms with Gasteiger partial charge in [0.2, 0.25) is 5.91 Å². The number of amides is 3.